The molecule has 0 atom stereocenters. The highest BCUT2D eigenvalue weighted by atomic mass is 19.4. The van der Waals surface area contributed by atoms with E-state index < -0.39 is 17.7 Å². The van der Waals surface area contributed by atoms with Crippen LogP contribution in [0, 0.1) is 0 Å². The molecule has 8 heteroatoms. The highest BCUT2D eigenvalue weighted by molar-refractivity contribution is 5.88. The number of alkyl halides is 3. The quantitative estimate of drug-likeness (QED) is 0.940. The van der Waals surface area contributed by atoms with Gasteiger partial charge in [0.2, 0.25) is 0 Å². The lowest BCUT2D eigenvalue weighted by Gasteiger charge is -2.07. The second-order valence-electron chi connectivity index (χ2n) is 4.47. The summed E-state index contributed by atoms with van der Waals surface area (Å²) in [6, 6.07) is 2.25. The zero-order chi connectivity index (χ0) is 15.6. The van der Waals surface area contributed by atoms with E-state index in [1.54, 1.807) is 7.05 Å². The molecule has 0 saturated carbocycles. The van der Waals surface area contributed by atoms with Gasteiger partial charge in [0.05, 0.1) is 17.5 Å². The fourth-order valence-corrected chi connectivity index (χ4v) is 1.92. The summed E-state index contributed by atoms with van der Waals surface area (Å²) in [4.78, 5) is 14.8. The second kappa shape index (κ2) is 5.55. The van der Waals surface area contributed by atoms with E-state index in [9.17, 15) is 18.0 Å². The molecule has 0 fully saturated rings. The van der Waals surface area contributed by atoms with Crippen molar-refractivity contribution in [2.24, 2.45) is 7.05 Å². The fourth-order valence-electron chi connectivity index (χ4n) is 1.92. The van der Waals surface area contributed by atoms with Gasteiger partial charge in [0.25, 0.3) is 0 Å². The van der Waals surface area contributed by atoms with E-state index >= 15 is 0 Å². The smallest absolute Gasteiger partial charge is 0.417 e. The lowest BCUT2D eigenvalue weighted by atomic mass is 10.1. The Hall–Kier alpha value is -2.38. The van der Waals surface area contributed by atoms with Crippen LogP contribution in [0.5, 0.6) is 0 Å². The van der Waals surface area contributed by atoms with Crippen LogP contribution in [0.15, 0.2) is 24.5 Å². The number of nitrogens with zero attached hydrogens (tertiary/aromatic N) is 3. The van der Waals surface area contributed by atoms with E-state index in [-0.39, 0.29) is 5.56 Å². The maximum Gasteiger partial charge on any atom is 0.417 e. The Morgan fingerprint density at radius 2 is 2.00 bits per heavy atom. The van der Waals surface area contributed by atoms with E-state index in [0.717, 1.165) is 12.3 Å². The number of hydrogen-bond donors (Lipinski definition) is 1. The minimum atomic E-state index is -4.41. The predicted molar refractivity (Wildman–Crippen MR) is 66.8 cm³/mol. The third-order valence-electron chi connectivity index (χ3n) is 3.06. The van der Waals surface area contributed by atoms with Gasteiger partial charge in [0.1, 0.15) is 5.56 Å². The molecule has 5 nitrogen and oxygen atoms in total. The van der Waals surface area contributed by atoms with Gasteiger partial charge in [-0.15, -0.1) is 0 Å². The number of carboxylic acids is 1. The lowest BCUT2D eigenvalue weighted by molar-refractivity contribution is -0.137. The Bertz CT molecular complexity index is 648. The summed E-state index contributed by atoms with van der Waals surface area (Å²) in [5, 5.41) is 12.9. The Kier molecular flexibility index (Phi) is 3.97. The maximum absolute atomic E-state index is 12.4. The normalized spacial score (nSPS) is 11.6. The molecule has 112 valence electrons. The molecule has 0 radical (unpaired) electrons. The average Bonchev–Trinajstić information content (AvgIpc) is 2.77. The van der Waals surface area contributed by atoms with Crippen molar-refractivity contribution in [3.8, 4) is 0 Å². The van der Waals surface area contributed by atoms with Crippen LogP contribution in [-0.4, -0.2) is 25.8 Å². The first-order valence-corrected chi connectivity index (χ1v) is 6.05. The molecule has 0 aliphatic rings. The van der Waals surface area contributed by atoms with Crippen LogP contribution in [-0.2, 0) is 26.1 Å². The van der Waals surface area contributed by atoms with Gasteiger partial charge in [-0.2, -0.15) is 18.3 Å². The number of carboxylic acid groups (broad SMARTS) is 1. The molecule has 21 heavy (non-hydrogen) atoms. The van der Waals surface area contributed by atoms with Crippen molar-refractivity contribution in [1.82, 2.24) is 14.8 Å². The van der Waals surface area contributed by atoms with Gasteiger partial charge in [-0.3, -0.25) is 9.67 Å². The third kappa shape index (κ3) is 3.39. The van der Waals surface area contributed by atoms with E-state index in [0.29, 0.717) is 24.2 Å². The van der Waals surface area contributed by atoms with Crippen LogP contribution < -0.4 is 0 Å². The molecule has 1 N–H and O–H groups in total. The second-order valence-corrected chi connectivity index (χ2v) is 4.47. The Morgan fingerprint density at radius 3 is 2.52 bits per heavy atom. The van der Waals surface area contributed by atoms with Gasteiger partial charge < -0.3 is 5.11 Å². The summed E-state index contributed by atoms with van der Waals surface area (Å²) >= 11 is 0. The molecular formula is C13H12F3N3O2. The first kappa shape index (κ1) is 15.0. The van der Waals surface area contributed by atoms with Crippen molar-refractivity contribution in [1.29, 1.82) is 0 Å². The van der Waals surface area contributed by atoms with Crippen LogP contribution in [0.2, 0.25) is 0 Å². The highest BCUT2D eigenvalue weighted by Gasteiger charge is 2.30. The first-order chi connectivity index (χ1) is 9.79. The molecule has 2 heterocycles. The van der Waals surface area contributed by atoms with E-state index in [2.05, 4.69) is 10.1 Å². The monoisotopic (exact) mass is 299 g/mol. The van der Waals surface area contributed by atoms with Crippen molar-refractivity contribution >= 4 is 5.97 Å². The number of aromatic nitrogens is 3. The van der Waals surface area contributed by atoms with Gasteiger partial charge in [-0.1, -0.05) is 0 Å². The summed E-state index contributed by atoms with van der Waals surface area (Å²) < 4.78 is 38.7. The number of hydrogen-bond acceptors (Lipinski definition) is 3. The minimum Gasteiger partial charge on any atom is -0.478 e. The number of pyridine rings is 1. The van der Waals surface area contributed by atoms with Gasteiger partial charge in [0.15, 0.2) is 0 Å². The largest absolute Gasteiger partial charge is 0.478 e. The zero-order valence-electron chi connectivity index (χ0n) is 11.1. The van der Waals surface area contributed by atoms with Crippen molar-refractivity contribution in [2.75, 3.05) is 0 Å². The highest BCUT2D eigenvalue weighted by Crippen LogP contribution is 2.28. The topological polar surface area (TPSA) is 68.0 Å². The van der Waals surface area contributed by atoms with Crippen LogP contribution >= 0.6 is 0 Å². The summed E-state index contributed by atoms with van der Waals surface area (Å²) in [5.74, 6) is -1.08. The lowest BCUT2D eigenvalue weighted by Crippen LogP contribution is -2.08. The number of aryl methyl sites for hydroxylation is 2. The summed E-state index contributed by atoms with van der Waals surface area (Å²) in [6.07, 6.45) is -1.73. The molecular weight excluding hydrogens is 287 g/mol. The molecule has 0 amide bonds. The van der Waals surface area contributed by atoms with E-state index in [1.165, 1.54) is 16.9 Å². The summed E-state index contributed by atoms with van der Waals surface area (Å²) in [5.41, 5.74) is 0.243. The van der Waals surface area contributed by atoms with Crippen LogP contribution in [0.25, 0.3) is 0 Å². The molecule has 0 aliphatic heterocycles. The standard InChI is InChI=1S/C13H12F3N3O2/c1-19-11(10(7-18-19)12(20)21)5-4-9-3-2-8(6-17-9)13(14,15)16/h2-3,6-7H,4-5H2,1H3,(H,20,21). The Balaban J connectivity index is 2.10. The van der Waals surface area contributed by atoms with Crippen LogP contribution in [0.1, 0.15) is 27.3 Å². The number of halogens is 3. The molecule has 0 bridgehead atoms. The molecule has 0 unspecified atom stereocenters. The van der Waals surface area contributed by atoms with Crippen molar-refractivity contribution in [2.45, 2.75) is 19.0 Å². The van der Waals surface area contributed by atoms with Crippen molar-refractivity contribution in [3.05, 3.63) is 47.0 Å². The minimum absolute atomic E-state index is 0.0874. The Labute approximate surface area is 118 Å². The van der Waals surface area contributed by atoms with Crippen LogP contribution in [0.3, 0.4) is 0 Å². The summed E-state index contributed by atoms with van der Waals surface area (Å²) in [7, 11) is 1.61. The third-order valence-corrected chi connectivity index (χ3v) is 3.06. The number of aromatic carboxylic acids is 1. The molecule has 2 rings (SSSR count). The number of carbonyl (C=O) groups is 1. The van der Waals surface area contributed by atoms with E-state index in [1.807, 2.05) is 0 Å². The van der Waals surface area contributed by atoms with Gasteiger partial charge in [-0.25, -0.2) is 4.79 Å². The van der Waals surface area contributed by atoms with Crippen molar-refractivity contribution < 1.29 is 23.1 Å². The Morgan fingerprint density at radius 1 is 1.29 bits per heavy atom. The molecule has 0 spiro atoms. The maximum atomic E-state index is 12.4. The molecule has 2 aromatic rings. The van der Waals surface area contributed by atoms with Gasteiger partial charge in [0, 0.05) is 18.9 Å². The van der Waals surface area contributed by atoms with Crippen LogP contribution in [0.4, 0.5) is 13.2 Å². The van der Waals surface area contributed by atoms with Gasteiger partial charge >= 0.3 is 12.1 Å². The summed E-state index contributed by atoms with van der Waals surface area (Å²) in [6.45, 7) is 0. The average molecular weight is 299 g/mol. The van der Waals surface area contributed by atoms with E-state index in [4.69, 9.17) is 5.11 Å². The number of rotatable bonds is 4. The molecule has 0 aliphatic carbocycles. The molecule has 2 aromatic heterocycles. The zero-order valence-corrected chi connectivity index (χ0v) is 11.1. The first-order valence-electron chi connectivity index (χ1n) is 6.05. The molecule has 0 saturated heterocycles. The predicted octanol–water partition coefficient (Wildman–Crippen LogP) is 2.32. The fraction of sp³-hybridized carbons (Fsp3) is 0.308. The molecule has 0 aromatic carbocycles. The van der Waals surface area contributed by atoms with Crippen molar-refractivity contribution in [3.63, 3.8) is 0 Å². The SMILES string of the molecule is Cn1ncc(C(=O)O)c1CCc1ccc(C(F)(F)F)cn1. The van der Waals surface area contributed by atoms with Gasteiger partial charge in [-0.05, 0) is 25.0 Å².